The highest BCUT2D eigenvalue weighted by Crippen LogP contribution is 2.12. The van der Waals surface area contributed by atoms with Crippen LogP contribution in [0.4, 0.5) is 4.39 Å². The van der Waals surface area contributed by atoms with Gasteiger partial charge in [-0.05, 0) is 24.6 Å². The monoisotopic (exact) mass is 210 g/mol. The summed E-state index contributed by atoms with van der Waals surface area (Å²) in [5.41, 5.74) is 0.428. The second kappa shape index (κ2) is 4.68. The molecule has 0 fully saturated rings. The van der Waals surface area contributed by atoms with Crippen LogP contribution in [0, 0.1) is 5.82 Å². The van der Waals surface area contributed by atoms with Crippen LogP contribution in [0.25, 0.3) is 0 Å². The number of benzene rings is 1. The molecule has 0 aromatic heterocycles. The lowest BCUT2D eigenvalue weighted by atomic mass is 10.1. The van der Waals surface area contributed by atoms with E-state index in [1.165, 1.54) is 26.2 Å². The Hall–Kier alpha value is -1.71. The maximum atomic E-state index is 13.3. The molecule has 0 bridgehead atoms. The van der Waals surface area contributed by atoms with E-state index < -0.39 is 11.8 Å². The van der Waals surface area contributed by atoms with Gasteiger partial charge in [0.15, 0.2) is 0 Å². The summed E-state index contributed by atoms with van der Waals surface area (Å²) in [5, 5.41) is 0. The number of methoxy groups -OCH3 is 1. The summed E-state index contributed by atoms with van der Waals surface area (Å²) in [7, 11) is 1.23. The third kappa shape index (κ3) is 2.87. The summed E-state index contributed by atoms with van der Waals surface area (Å²) < 4.78 is 17.8. The van der Waals surface area contributed by atoms with E-state index in [0.717, 1.165) is 6.07 Å². The van der Waals surface area contributed by atoms with Crippen molar-refractivity contribution in [2.45, 2.75) is 13.3 Å². The van der Waals surface area contributed by atoms with Crippen molar-refractivity contribution in [2.75, 3.05) is 7.11 Å². The van der Waals surface area contributed by atoms with E-state index in [0.29, 0.717) is 0 Å². The maximum Gasteiger partial charge on any atom is 0.337 e. The van der Waals surface area contributed by atoms with Crippen LogP contribution in [-0.2, 0) is 16.0 Å². The zero-order valence-corrected chi connectivity index (χ0v) is 8.54. The van der Waals surface area contributed by atoms with Crippen molar-refractivity contribution in [3.05, 3.63) is 35.1 Å². The van der Waals surface area contributed by atoms with Gasteiger partial charge in [-0.25, -0.2) is 9.18 Å². The predicted molar refractivity (Wildman–Crippen MR) is 52.1 cm³/mol. The molecule has 0 saturated heterocycles. The summed E-state index contributed by atoms with van der Waals surface area (Å²) in [5.74, 6) is -1.28. The average Bonchev–Trinajstić information content (AvgIpc) is 2.19. The van der Waals surface area contributed by atoms with Gasteiger partial charge in [0.25, 0.3) is 0 Å². The van der Waals surface area contributed by atoms with Gasteiger partial charge in [-0.1, -0.05) is 6.07 Å². The van der Waals surface area contributed by atoms with Crippen LogP contribution in [0.15, 0.2) is 18.2 Å². The molecule has 1 aromatic carbocycles. The van der Waals surface area contributed by atoms with Crippen molar-refractivity contribution in [1.82, 2.24) is 0 Å². The maximum absolute atomic E-state index is 13.3. The van der Waals surface area contributed by atoms with Gasteiger partial charge >= 0.3 is 5.97 Å². The third-order valence-corrected chi connectivity index (χ3v) is 1.91. The van der Waals surface area contributed by atoms with Crippen LogP contribution in [-0.4, -0.2) is 18.9 Å². The minimum atomic E-state index is -0.594. The molecule has 0 radical (unpaired) electrons. The average molecular weight is 210 g/mol. The predicted octanol–water partition coefficient (Wildman–Crippen LogP) is 1.74. The number of carbonyl (C=O) groups excluding carboxylic acids is 2. The smallest absolute Gasteiger partial charge is 0.337 e. The Balaban J connectivity index is 2.97. The molecule has 0 saturated carbocycles. The Morgan fingerprint density at radius 3 is 2.53 bits per heavy atom. The molecule has 0 spiro atoms. The van der Waals surface area contributed by atoms with E-state index in [1.807, 2.05) is 0 Å². The molecule has 1 rings (SSSR count). The Bertz CT molecular complexity index is 399. The molecule has 3 nitrogen and oxygen atoms in total. The van der Waals surface area contributed by atoms with E-state index >= 15 is 0 Å². The minimum absolute atomic E-state index is 0.0350. The van der Waals surface area contributed by atoms with Crippen LogP contribution in [0.1, 0.15) is 22.8 Å². The van der Waals surface area contributed by atoms with E-state index in [2.05, 4.69) is 4.74 Å². The van der Waals surface area contributed by atoms with Gasteiger partial charge in [-0.2, -0.15) is 0 Å². The normalized spacial score (nSPS) is 9.80. The van der Waals surface area contributed by atoms with Crippen molar-refractivity contribution in [2.24, 2.45) is 0 Å². The molecule has 0 heterocycles. The first kappa shape index (κ1) is 11.4. The van der Waals surface area contributed by atoms with Gasteiger partial charge in [-0.3, -0.25) is 4.79 Å². The quantitative estimate of drug-likeness (QED) is 0.714. The molecule has 1 aromatic rings. The fraction of sp³-hybridized carbons (Fsp3) is 0.273. The lowest BCUT2D eigenvalue weighted by Gasteiger charge is -2.03. The minimum Gasteiger partial charge on any atom is -0.465 e. The number of esters is 1. The highest BCUT2D eigenvalue weighted by Gasteiger charge is 2.10. The molecule has 0 unspecified atom stereocenters. The van der Waals surface area contributed by atoms with Crippen molar-refractivity contribution >= 4 is 11.8 Å². The van der Waals surface area contributed by atoms with Gasteiger partial charge in [-0.15, -0.1) is 0 Å². The molecule has 0 N–H and O–H groups in total. The number of ketones is 1. The van der Waals surface area contributed by atoms with E-state index in [9.17, 15) is 14.0 Å². The molecule has 0 aliphatic rings. The molecular weight excluding hydrogens is 199 g/mol. The second-order valence-electron chi connectivity index (χ2n) is 3.18. The largest absolute Gasteiger partial charge is 0.465 e. The summed E-state index contributed by atoms with van der Waals surface area (Å²) in [4.78, 5) is 21.8. The zero-order chi connectivity index (χ0) is 11.4. The van der Waals surface area contributed by atoms with Crippen molar-refractivity contribution in [3.8, 4) is 0 Å². The van der Waals surface area contributed by atoms with Gasteiger partial charge in [0.2, 0.25) is 0 Å². The number of rotatable bonds is 3. The third-order valence-electron chi connectivity index (χ3n) is 1.91. The topological polar surface area (TPSA) is 43.4 Å². The zero-order valence-electron chi connectivity index (χ0n) is 8.54. The fourth-order valence-corrected chi connectivity index (χ4v) is 1.20. The van der Waals surface area contributed by atoms with E-state index in [1.54, 1.807) is 0 Å². The first-order valence-electron chi connectivity index (χ1n) is 4.40. The Kier molecular flexibility index (Phi) is 3.55. The fourth-order valence-electron chi connectivity index (χ4n) is 1.20. The molecule has 0 amide bonds. The summed E-state index contributed by atoms with van der Waals surface area (Å²) in [6, 6.07) is 3.93. The van der Waals surface area contributed by atoms with E-state index in [4.69, 9.17) is 0 Å². The van der Waals surface area contributed by atoms with Crippen LogP contribution in [0.3, 0.4) is 0 Å². The van der Waals surface area contributed by atoms with Crippen LogP contribution < -0.4 is 0 Å². The van der Waals surface area contributed by atoms with Crippen LogP contribution >= 0.6 is 0 Å². The molecular formula is C11H11FO3. The highest BCUT2D eigenvalue weighted by atomic mass is 19.1. The Morgan fingerprint density at radius 1 is 1.40 bits per heavy atom. The Labute approximate surface area is 86.9 Å². The first-order chi connectivity index (χ1) is 7.04. The SMILES string of the molecule is COC(=O)c1ccc(CC(C)=O)c(F)c1. The molecule has 0 aliphatic carbocycles. The van der Waals surface area contributed by atoms with Gasteiger partial charge in [0, 0.05) is 6.42 Å². The lowest BCUT2D eigenvalue weighted by Crippen LogP contribution is -2.04. The molecule has 4 heteroatoms. The molecule has 0 atom stereocenters. The highest BCUT2D eigenvalue weighted by molar-refractivity contribution is 5.89. The van der Waals surface area contributed by atoms with Gasteiger partial charge in [0.1, 0.15) is 11.6 Å². The molecule has 80 valence electrons. The van der Waals surface area contributed by atoms with E-state index in [-0.39, 0.29) is 23.3 Å². The van der Waals surface area contributed by atoms with Crippen molar-refractivity contribution < 1.29 is 18.7 Å². The van der Waals surface area contributed by atoms with Crippen LogP contribution in [0.5, 0.6) is 0 Å². The van der Waals surface area contributed by atoms with Crippen molar-refractivity contribution in [1.29, 1.82) is 0 Å². The standard InChI is InChI=1S/C11H11FO3/c1-7(13)5-8-3-4-9(6-10(8)12)11(14)15-2/h3-4,6H,5H2,1-2H3. The van der Waals surface area contributed by atoms with Gasteiger partial charge < -0.3 is 4.74 Å². The number of carbonyl (C=O) groups is 2. The number of halogens is 1. The summed E-state index contributed by atoms with van der Waals surface area (Å²) in [6.45, 7) is 1.38. The second-order valence-corrected chi connectivity index (χ2v) is 3.18. The summed E-state index contributed by atoms with van der Waals surface area (Å²) >= 11 is 0. The molecule has 0 aliphatic heterocycles. The van der Waals surface area contributed by atoms with Crippen molar-refractivity contribution in [3.63, 3.8) is 0 Å². The number of Topliss-reactive ketones (excluding diaryl/α,β-unsaturated/α-hetero) is 1. The first-order valence-corrected chi connectivity index (χ1v) is 4.40. The Morgan fingerprint density at radius 2 is 2.07 bits per heavy atom. The van der Waals surface area contributed by atoms with Crippen LogP contribution in [0.2, 0.25) is 0 Å². The number of hydrogen-bond donors (Lipinski definition) is 0. The summed E-state index contributed by atoms with van der Waals surface area (Å²) in [6.07, 6.45) is 0.0350. The molecule has 15 heavy (non-hydrogen) atoms. The number of hydrogen-bond acceptors (Lipinski definition) is 3. The van der Waals surface area contributed by atoms with Gasteiger partial charge in [0.05, 0.1) is 12.7 Å². The number of ether oxygens (including phenoxy) is 1. The lowest BCUT2D eigenvalue weighted by molar-refractivity contribution is -0.116.